The number of piperidine rings is 1. The summed E-state index contributed by atoms with van der Waals surface area (Å²) in [6.07, 6.45) is 9.75. The van der Waals surface area contributed by atoms with Gasteiger partial charge < -0.3 is 15.3 Å². The third-order valence-corrected chi connectivity index (χ3v) is 4.75. The fourth-order valence-electron chi connectivity index (χ4n) is 3.40. The first-order chi connectivity index (χ1) is 10.3. The predicted molar refractivity (Wildman–Crippen MR) is 84.6 cm³/mol. The summed E-state index contributed by atoms with van der Waals surface area (Å²) in [5.74, 6) is 2.26. The summed E-state index contributed by atoms with van der Waals surface area (Å²) in [5.41, 5.74) is 0. The first kappa shape index (κ1) is 14.6. The lowest BCUT2D eigenvalue weighted by Crippen LogP contribution is -2.31. The first-order valence-corrected chi connectivity index (χ1v) is 8.32. The van der Waals surface area contributed by atoms with Gasteiger partial charge in [0.25, 0.3) is 0 Å². The fourth-order valence-corrected chi connectivity index (χ4v) is 3.40. The van der Waals surface area contributed by atoms with Crippen molar-refractivity contribution in [3.05, 3.63) is 12.4 Å². The van der Waals surface area contributed by atoms with Crippen molar-refractivity contribution in [3.8, 4) is 0 Å². The normalized spacial score (nSPS) is 26.6. The van der Waals surface area contributed by atoms with Gasteiger partial charge in [-0.2, -0.15) is 0 Å². The zero-order valence-corrected chi connectivity index (χ0v) is 12.7. The summed E-state index contributed by atoms with van der Waals surface area (Å²) in [5, 5.41) is 13.4. The molecule has 0 spiro atoms. The van der Waals surface area contributed by atoms with Gasteiger partial charge in [-0.15, -0.1) is 0 Å². The van der Waals surface area contributed by atoms with Crippen molar-refractivity contribution in [2.75, 3.05) is 29.9 Å². The number of anilines is 2. The number of nitrogens with zero attached hydrogens (tertiary/aromatic N) is 3. The van der Waals surface area contributed by atoms with Crippen LogP contribution in [-0.2, 0) is 0 Å². The molecule has 2 heterocycles. The van der Waals surface area contributed by atoms with Gasteiger partial charge >= 0.3 is 0 Å². The number of nitrogens with one attached hydrogen (secondary N) is 1. The predicted octanol–water partition coefficient (Wildman–Crippen LogP) is 2.43. The van der Waals surface area contributed by atoms with Crippen LogP contribution < -0.4 is 10.2 Å². The molecule has 0 radical (unpaired) electrons. The molecule has 3 rings (SSSR count). The standard InChI is InChI=1S/C16H26N4O/c21-14-7-3-2-6-13(14)11-17-15-10-16(19-12-18-15)20-8-4-1-5-9-20/h10,12-14,21H,1-9,11H2,(H,17,18,19). The second kappa shape index (κ2) is 7.07. The van der Waals surface area contributed by atoms with Gasteiger partial charge in [0, 0.05) is 31.6 Å². The maximum Gasteiger partial charge on any atom is 0.134 e. The summed E-state index contributed by atoms with van der Waals surface area (Å²) in [4.78, 5) is 11.1. The topological polar surface area (TPSA) is 61.3 Å². The molecule has 2 fully saturated rings. The second-order valence-corrected chi connectivity index (χ2v) is 6.30. The second-order valence-electron chi connectivity index (χ2n) is 6.30. The third-order valence-electron chi connectivity index (χ3n) is 4.75. The van der Waals surface area contributed by atoms with Crippen molar-refractivity contribution >= 4 is 11.6 Å². The van der Waals surface area contributed by atoms with Crippen LogP contribution in [0.4, 0.5) is 11.6 Å². The number of aromatic nitrogens is 2. The van der Waals surface area contributed by atoms with Crippen LogP contribution in [-0.4, -0.2) is 40.8 Å². The summed E-state index contributed by atoms with van der Waals surface area (Å²) in [6, 6.07) is 2.04. The summed E-state index contributed by atoms with van der Waals surface area (Å²) in [6.45, 7) is 2.99. The maximum absolute atomic E-state index is 10.0. The van der Waals surface area contributed by atoms with E-state index in [2.05, 4.69) is 20.2 Å². The van der Waals surface area contributed by atoms with Gasteiger partial charge in [0.2, 0.25) is 0 Å². The Balaban J connectivity index is 1.57. The van der Waals surface area contributed by atoms with Gasteiger partial charge in [0.15, 0.2) is 0 Å². The molecule has 2 unspecified atom stereocenters. The van der Waals surface area contributed by atoms with Crippen LogP contribution in [0.5, 0.6) is 0 Å². The van der Waals surface area contributed by atoms with E-state index in [-0.39, 0.29) is 6.10 Å². The van der Waals surface area contributed by atoms with Crippen LogP contribution in [0.2, 0.25) is 0 Å². The van der Waals surface area contributed by atoms with Crippen LogP contribution >= 0.6 is 0 Å². The van der Waals surface area contributed by atoms with E-state index in [1.165, 1.54) is 25.7 Å². The Hall–Kier alpha value is -1.36. The van der Waals surface area contributed by atoms with Gasteiger partial charge in [0.1, 0.15) is 18.0 Å². The molecule has 1 aliphatic carbocycles. The number of rotatable bonds is 4. The van der Waals surface area contributed by atoms with Gasteiger partial charge in [-0.3, -0.25) is 0 Å². The van der Waals surface area contributed by atoms with E-state index in [1.54, 1.807) is 6.33 Å². The van der Waals surface area contributed by atoms with Crippen molar-refractivity contribution in [2.45, 2.75) is 51.0 Å². The molecule has 1 aromatic rings. The number of aliphatic hydroxyl groups is 1. The van der Waals surface area contributed by atoms with Crippen LogP contribution in [0, 0.1) is 5.92 Å². The lowest BCUT2D eigenvalue weighted by atomic mass is 9.86. The third kappa shape index (κ3) is 3.84. The highest BCUT2D eigenvalue weighted by Crippen LogP contribution is 2.25. The van der Waals surface area contributed by atoms with Crippen LogP contribution in [0.1, 0.15) is 44.9 Å². The minimum absolute atomic E-state index is 0.158. The summed E-state index contributed by atoms with van der Waals surface area (Å²) >= 11 is 0. The van der Waals surface area contributed by atoms with E-state index >= 15 is 0 Å². The van der Waals surface area contributed by atoms with Crippen LogP contribution in [0.3, 0.4) is 0 Å². The molecule has 0 aromatic carbocycles. The number of aliphatic hydroxyl groups excluding tert-OH is 1. The van der Waals surface area contributed by atoms with E-state index in [1.807, 2.05) is 6.07 Å². The van der Waals surface area contributed by atoms with E-state index in [0.29, 0.717) is 5.92 Å². The average molecular weight is 290 g/mol. The number of hydrogen-bond acceptors (Lipinski definition) is 5. The lowest BCUT2D eigenvalue weighted by molar-refractivity contribution is 0.0763. The highest BCUT2D eigenvalue weighted by Gasteiger charge is 2.22. The molecule has 2 aliphatic rings. The Labute approximate surface area is 126 Å². The first-order valence-electron chi connectivity index (χ1n) is 8.32. The molecule has 5 nitrogen and oxygen atoms in total. The summed E-state index contributed by atoms with van der Waals surface area (Å²) in [7, 11) is 0. The van der Waals surface area contributed by atoms with Crippen molar-refractivity contribution < 1.29 is 5.11 Å². The van der Waals surface area contributed by atoms with Crippen LogP contribution in [0.15, 0.2) is 12.4 Å². The molecule has 1 saturated heterocycles. The molecule has 0 bridgehead atoms. The minimum atomic E-state index is -0.158. The Kier molecular flexibility index (Phi) is 4.91. The van der Waals surface area contributed by atoms with E-state index in [9.17, 15) is 5.11 Å². The zero-order chi connectivity index (χ0) is 14.5. The van der Waals surface area contributed by atoms with Crippen molar-refractivity contribution in [1.29, 1.82) is 0 Å². The Bertz CT molecular complexity index is 448. The Morgan fingerprint density at radius 1 is 1.10 bits per heavy atom. The van der Waals surface area contributed by atoms with Gasteiger partial charge in [-0.25, -0.2) is 9.97 Å². The van der Waals surface area contributed by atoms with Gasteiger partial charge in [-0.05, 0) is 32.1 Å². The molecule has 1 saturated carbocycles. The van der Waals surface area contributed by atoms with Gasteiger partial charge in [-0.1, -0.05) is 12.8 Å². The highest BCUT2D eigenvalue weighted by molar-refractivity contribution is 5.48. The number of hydrogen-bond donors (Lipinski definition) is 2. The minimum Gasteiger partial charge on any atom is -0.393 e. The molecule has 1 aliphatic heterocycles. The van der Waals surface area contributed by atoms with Gasteiger partial charge in [0.05, 0.1) is 6.10 Å². The van der Waals surface area contributed by atoms with E-state index < -0.39 is 0 Å². The van der Waals surface area contributed by atoms with Crippen molar-refractivity contribution in [2.24, 2.45) is 5.92 Å². The fraction of sp³-hybridized carbons (Fsp3) is 0.750. The lowest BCUT2D eigenvalue weighted by Gasteiger charge is -2.29. The summed E-state index contributed by atoms with van der Waals surface area (Å²) < 4.78 is 0. The van der Waals surface area contributed by atoms with Crippen molar-refractivity contribution in [3.63, 3.8) is 0 Å². The molecule has 21 heavy (non-hydrogen) atoms. The van der Waals surface area contributed by atoms with E-state index in [0.717, 1.165) is 50.5 Å². The Morgan fingerprint density at radius 2 is 1.90 bits per heavy atom. The largest absolute Gasteiger partial charge is 0.393 e. The molecule has 2 N–H and O–H groups in total. The zero-order valence-electron chi connectivity index (χ0n) is 12.7. The quantitative estimate of drug-likeness (QED) is 0.892. The SMILES string of the molecule is OC1CCCCC1CNc1cc(N2CCCCC2)ncn1. The maximum atomic E-state index is 10.0. The molecule has 5 heteroatoms. The average Bonchev–Trinajstić information content (AvgIpc) is 2.55. The molecule has 116 valence electrons. The highest BCUT2D eigenvalue weighted by atomic mass is 16.3. The smallest absolute Gasteiger partial charge is 0.134 e. The molecule has 2 atom stereocenters. The monoisotopic (exact) mass is 290 g/mol. The van der Waals surface area contributed by atoms with Crippen LogP contribution in [0.25, 0.3) is 0 Å². The molecule has 0 amide bonds. The molecular formula is C16H26N4O. The molecule has 1 aromatic heterocycles. The Morgan fingerprint density at radius 3 is 2.71 bits per heavy atom. The van der Waals surface area contributed by atoms with Crippen molar-refractivity contribution in [1.82, 2.24) is 9.97 Å². The molecular weight excluding hydrogens is 264 g/mol. The van der Waals surface area contributed by atoms with E-state index in [4.69, 9.17) is 0 Å².